The Kier molecular flexibility index (Phi) is 6.15. The average Bonchev–Trinajstić information content (AvgIpc) is 3.43. The zero-order chi connectivity index (χ0) is 23.9. The highest BCUT2D eigenvalue weighted by molar-refractivity contribution is 7.09. The van der Waals surface area contributed by atoms with Crippen molar-refractivity contribution >= 4 is 46.4 Å². The lowest BCUT2D eigenvalue weighted by Crippen LogP contribution is -2.32. The molecule has 3 aromatic heterocycles. The van der Waals surface area contributed by atoms with Gasteiger partial charge in [0.05, 0.1) is 12.5 Å². The molecule has 0 aromatic carbocycles. The fourth-order valence-corrected chi connectivity index (χ4v) is 4.97. The van der Waals surface area contributed by atoms with E-state index in [0.717, 1.165) is 0 Å². The van der Waals surface area contributed by atoms with Crippen molar-refractivity contribution in [3.05, 3.63) is 51.3 Å². The van der Waals surface area contributed by atoms with Crippen LogP contribution in [0, 0.1) is 5.92 Å². The minimum atomic E-state index is -1.13. The standard InChI is InChI=1S/C22H23ClN4O5S/c1-22(2,3)32-18(28)7-12-6-16(19-25-15(11-33-19)21(30)31)27(9-12)20(29)14-10-26-5-4-13(23)8-17(26)24-14/h4-5,8,10-12,16H,6-7,9H2,1-3H3,(H,30,31)/t12-,16+/m0/s1. The Balaban J connectivity index is 1.61. The van der Waals surface area contributed by atoms with E-state index in [9.17, 15) is 19.5 Å². The van der Waals surface area contributed by atoms with Gasteiger partial charge in [0.2, 0.25) is 0 Å². The maximum Gasteiger partial charge on any atom is 0.355 e. The number of ether oxygens (including phenoxy) is 1. The fourth-order valence-electron chi connectivity index (χ4n) is 3.89. The Bertz CT molecular complexity index is 1230. The Morgan fingerprint density at radius 3 is 2.70 bits per heavy atom. The number of carbonyl (C=O) groups excluding carboxylic acids is 2. The monoisotopic (exact) mass is 490 g/mol. The number of carboxylic acids is 1. The van der Waals surface area contributed by atoms with E-state index in [4.69, 9.17) is 16.3 Å². The number of aromatic carboxylic acids is 1. The van der Waals surface area contributed by atoms with Crippen LogP contribution in [0.2, 0.25) is 5.02 Å². The maximum absolute atomic E-state index is 13.4. The largest absolute Gasteiger partial charge is 0.476 e. The SMILES string of the molecule is CC(C)(C)OC(=O)C[C@@H]1C[C@H](c2nc(C(=O)O)cs2)N(C(=O)c2cn3ccc(Cl)cc3n2)C1. The van der Waals surface area contributed by atoms with Gasteiger partial charge >= 0.3 is 11.9 Å². The number of hydrogen-bond donors (Lipinski definition) is 1. The van der Waals surface area contributed by atoms with Gasteiger partial charge in [-0.05, 0) is 39.2 Å². The van der Waals surface area contributed by atoms with E-state index in [1.54, 1.807) is 54.6 Å². The van der Waals surface area contributed by atoms with Crippen LogP contribution in [0.3, 0.4) is 0 Å². The van der Waals surface area contributed by atoms with E-state index >= 15 is 0 Å². The number of nitrogens with zero attached hydrogens (tertiary/aromatic N) is 4. The third kappa shape index (κ3) is 5.17. The number of carboxylic acid groups (broad SMARTS) is 1. The van der Waals surface area contributed by atoms with Gasteiger partial charge in [-0.1, -0.05) is 11.6 Å². The average molecular weight is 491 g/mol. The Hall–Kier alpha value is -2.98. The number of amides is 1. The van der Waals surface area contributed by atoms with Gasteiger partial charge in [0.15, 0.2) is 5.69 Å². The smallest absolute Gasteiger partial charge is 0.355 e. The van der Waals surface area contributed by atoms with Crippen LogP contribution in [0.5, 0.6) is 0 Å². The van der Waals surface area contributed by atoms with E-state index in [1.165, 1.54) is 16.7 Å². The second kappa shape index (κ2) is 8.75. The number of thiazole rings is 1. The van der Waals surface area contributed by atoms with Crippen molar-refractivity contribution in [3.63, 3.8) is 0 Å². The van der Waals surface area contributed by atoms with Gasteiger partial charge in [0, 0.05) is 35.4 Å². The molecule has 0 saturated carbocycles. The van der Waals surface area contributed by atoms with Crippen LogP contribution in [-0.4, -0.2) is 54.4 Å². The zero-order valence-corrected chi connectivity index (χ0v) is 19.9. The fraction of sp³-hybridized carbons (Fsp3) is 0.409. The number of rotatable bonds is 5. The van der Waals surface area contributed by atoms with E-state index in [-0.39, 0.29) is 35.6 Å². The van der Waals surface area contributed by atoms with Crippen molar-refractivity contribution in [2.75, 3.05) is 6.54 Å². The Morgan fingerprint density at radius 2 is 2.03 bits per heavy atom. The highest BCUT2D eigenvalue weighted by atomic mass is 35.5. The molecule has 0 bridgehead atoms. The van der Waals surface area contributed by atoms with Crippen LogP contribution in [0.15, 0.2) is 29.9 Å². The normalized spacial score (nSPS) is 18.6. The van der Waals surface area contributed by atoms with Gasteiger partial charge in [-0.15, -0.1) is 11.3 Å². The van der Waals surface area contributed by atoms with Crippen LogP contribution in [-0.2, 0) is 9.53 Å². The second-order valence-electron chi connectivity index (χ2n) is 8.98. The molecular weight excluding hydrogens is 468 g/mol. The quantitative estimate of drug-likeness (QED) is 0.536. The third-order valence-corrected chi connectivity index (χ3v) is 6.37. The number of imidazole rings is 1. The first-order chi connectivity index (χ1) is 15.5. The number of carbonyl (C=O) groups is 3. The molecule has 4 rings (SSSR count). The summed E-state index contributed by atoms with van der Waals surface area (Å²) in [7, 11) is 0. The van der Waals surface area contributed by atoms with Gasteiger partial charge in [-0.2, -0.15) is 0 Å². The Labute approximate surface area is 199 Å². The molecule has 9 nitrogen and oxygen atoms in total. The number of hydrogen-bond acceptors (Lipinski definition) is 7. The van der Waals surface area contributed by atoms with Crippen molar-refractivity contribution in [3.8, 4) is 0 Å². The molecule has 1 amide bonds. The number of esters is 1. The predicted molar refractivity (Wildman–Crippen MR) is 122 cm³/mol. The summed E-state index contributed by atoms with van der Waals surface area (Å²) in [6, 6.07) is 2.89. The number of aromatic nitrogens is 3. The summed E-state index contributed by atoms with van der Waals surface area (Å²) in [5.74, 6) is -1.94. The van der Waals surface area contributed by atoms with Gasteiger partial charge in [-0.3, -0.25) is 9.59 Å². The first-order valence-electron chi connectivity index (χ1n) is 10.4. The van der Waals surface area contributed by atoms with E-state index in [2.05, 4.69) is 9.97 Å². The molecular formula is C22H23ClN4O5S. The minimum Gasteiger partial charge on any atom is -0.476 e. The van der Waals surface area contributed by atoms with Crippen LogP contribution in [0.4, 0.5) is 0 Å². The van der Waals surface area contributed by atoms with Crippen molar-refractivity contribution in [1.82, 2.24) is 19.3 Å². The Morgan fingerprint density at radius 1 is 1.27 bits per heavy atom. The van der Waals surface area contributed by atoms with E-state index < -0.39 is 17.6 Å². The summed E-state index contributed by atoms with van der Waals surface area (Å²) in [6.45, 7) is 5.71. The highest BCUT2D eigenvalue weighted by Gasteiger charge is 2.40. The molecule has 2 atom stereocenters. The molecule has 33 heavy (non-hydrogen) atoms. The van der Waals surface area contributed by atoms with Crippen molar-refractivity contribution in [2.45, 2.75) is 45.3 Å². The van der Waals surface area contributed by atoms with Crippen molar-refractivity contribution in [2.24, 2.45) is 5.92 Å². The first-order valence-corrected chi connectivity index (χ1v) is 11.6. The summed E-state index contributed by atoms with van der Waals surface area (Å²) in [5, 5.41) is 11.7. The lowest BCUT2D eigenvalue weighted by atomic mass is 10.0. The zero-order valence-electron chi connectivity index (χ0n) is 18.3. The number of halogens is 1. The summed E-state index contributed by atoms with van der Waals surface area (Å²) >= 11 is 7.22. The predicted octanol–water partition coefficient (Wildman–Crippen LogP) is 4.08. The molecule has 4 heterocycles. The number of fused-ring (bicyclic) bond motifs is 1. The first kappa shape index (κ1) is 23.2. The third-order valence-electron chi connectivity index (χ3n) is 5.19. The van der Waals surface area contributed by atoms with Crippen LogP contribution in [0.1, 0.15) is 65.6 Å². The lowest BCUT2D eigenvalue weighted by molar-refractivity contribution is -0.155. The van der Waals surface area contributed by atoms with Crippen LogP contribution >= 0.6 is 22.9 Å². The molecule has 0 unspecified atom stereocenters. The molecule has 11 heteroatoms. The molecule has 0 radical (unpaired) electrons. The maximum atomic E-state index is 13.4. The molecule has 1 N–H and O–H groups in total. The molecule has 0 spiro atoms. The molecule has 1 aliphatic rings. The van der Waals surface area contributed by atoms with Crippen molar-refractivity contribution < 1.29 is 24.2 Å². The molecule has 3 aromatic rings. The molecule has 1 fully saturated rings. The topological polar surface area (TPSA) is 114 Å². The van der Waals surface area contributed by atoms with Gasteiger partial charge in [-0.25, -0.2) is 14.8 Å². The highest BCUT2D eigenvalue weighted by Crippen LogP contribution is 2.39. The van der Waals surface area contributed by atoms with Crippen LogP contribution < -0.4 is 0 Å². The summed E-state index contributed by atoms with van der Waals surface area (Å²) in [4.78, 5) is 47.4. The van der Waals surface area contributed by atoms with Gasteiger partial charge in [0.1, 0.15) is 21.9 Å². The number of pyridine rings is 1. The summed E-state index contributed by atoms with van der Waals surface area (Å²) < 4.78 is 7.15. The van der Waals surface area contributed by atoms with Crippen LogP contribution in [0.25, 0.3) is 5.65 Å². The summed E-state index contributed by atoms with van der Waals surface area (Å²) in [5.41, 5.74) is 0.0959. The summed E-state index contributed by atoms with van der Waals surface area (Å²) in [6.07, 6.45) is 3.96. The van der Waals surface area contributed by atoms with Gasteiger partial charge < -0.3 is 19.1 Å². The molecule has 0 aliphatic carbocycles. The second-order valence-corrected chi connectivity index (χ2v) is 10.3. The minimum absolute atomic E-state index is 0.0691. The molecule has 1 aliphatic heterocycles. The molecule has 174 valence electrons. The lowest BCUT2D eigenvalue weighted by Gasteiger charge is -2.22. The van der Waals surface area contributed by atoms with E-state index in [1.807, 2.05) is 0 Å². The molecule has 1 saturated heterocycles. The van der Waals surface area contributed by atoms with Crippen molar-refractivity contribution in [1.29, 1.82) is 0 Å². The van der Waals surface area contributed by atoms with Gasteiger partial charge in [0.25, 0.3) is 5.91 Å². The van der Waals surface area contributed by atoms with E-state index in [0.29, 0.717) is 28.6 Å². The number of likely N-dealkylation sites (tertiary alicyclic amines) is 1.